The predicted octanol–water partition coefficient (Wildman–Crippen LogP) is 3.74. The Bertz CT molecular complexity index is 348. The van der Waals surface area contributed by atoms with Crippen LogP contribution >= 0.6 is 0 Å². The van der Waals surface area contributed by atoms with E-state index in [-0.39, 0.29) is 5.82 Å². The van der Waals surface area contributed by atoms with Crippen LogP contribution in [0.4, 0.5) is 4.39 Å². The molecule has 0 spiro atoms. The number of benzene rings is 1. The minimum absolute atomic E-state index is 0.156. The van der Waals surface area contributed by atoms with E-state index in [4.69, 9.17) is 0 Å². The van der Waals surface area contributed by atoms with E-state index in [1.807, 2.05) is 19.1 Å². The average molecular weight is 176 g/mol. The molecular weight excluding hydrogens is 163 g/mol. The fourth-order valence-electron chi connectivity index (χ4n) is 1.54. The van der Waals surface area contributed by atoms with Gasteiger partial charge in [-0.25, -0.2) is 4.39 Å². The Balaban J connectivity index is 2.41. The molecule has 0 aromatic heterocycles. The Kier molecular flexibility index (Phi) is 1.95. The molecule has 1 saturated carbocycles. The molecule has 1 aliphatic rings. The highest BCUT2D eigenvalue weighted by molar-refractivity contribution is 5.62. The molecule has 13 heavy (non-hydrogen) atoms. The molecule has 1 aromatic carbocycles. The molecule has 0 radical (unpaired) electrons. The van der Waals surface area contributed by atoms with Gasteiger partial charge >= 0.3 is 0 Å². The first kappa shape index (κ1) is 8.49. The van der Waals surface area contributed by atoms with Gasteiger partial charge < -0.3 is 0 Å². The lowest BCUT2D eigenvalue weighted by molar-refractivity contribution is 0.623. The normalized spacial score (nSPS) is 15.8. The third-order valence-electron chi connectivity index (χ3n) is 2.50. The molecule has 2 rings (SSSR count). The van der Waals surface area contributed by atoms with Crippen molar-refractivity contribution in [2.45, 2.75) is 25.7 Å². The zero-order valence-electron chi connectivity index (χ0n) is 7.81. The van der Waals surface area contributed by atoms with Crippen molar-refractivity contribution >= 4 is 5.57 Å². The van der Waals surface area contributed by atoms with E-state index in [9.17, 15) is 4.39 Å². The van der Waals surface area contributed by atoms with Gasteiger partial charge in [-0.2, -0.15) is 0 Å². The maximum Gasteiger partial charge on any atom is 0.130 e. The van der Waals surface area contributed by atoms with Crippen molar-refractivity contribution in [3.05, 3.63) is 41.7 Å². The second kappa shape index (κ2) is 2.99. The van der Waals surface area contributed by atoms with Crippen molar-refractivity contribution in [1.29, 1.82) is 0 Å². The van der Waals surface area contributed by atoms with Crippen LogP contribution in [0.2, 0.25) is 0 Å². The van der Waals surface area contributed by atoms with Crippen LogP contribution in [0.3, 0.4) is 0 Å². The molecular formula is C12H13F. The van der Waals surface area contributed by atoms with Crippen LogP contribution in [0, 0.1) is 5.82 Å². The molecule has 1 heteroatoms. The largest absolute Gasteiger partial charge is 0.206 e. The third kappa shape index (κ3) is 1.64. The molecule has 0 saturated heterocycles. The summed E-state index contributed by atoms with van der Waals surface area (Å²) in [5, 5.41) is 0. The Morgan fingerprint density at radius 3 is 2.69 bits per heavy atom. The van der Waals surface area contributed by atoms with Crippen LogP contribution < -0.4 is 0 Å². The molecule has 68 valence electrons. The topological polar surface area (TPSA) is 0 Å². The summed E-state index contributed by atoms with van der Waals surface area (Å²) in [6, 6.07) is 5.38. The smallest absolute Gasteiger partial charge is 0.130 e. The van der Waals surface area contributed by atoms with Gasteiger partial charge in [0, 0.05) is 5.56 Å². The number of halogens is 1. The van der Waals surface area contributed by atoms with Gasteiger partial charge in [-0.15, -0.1) is 0 Å². The van der Waals surface area contributed by atoms with Crippen molar-refractivity contribution in [1.82, 2.24) is 0 Å². The van der Waals surface area contributed by atoms with Crippen LogP contribution in [0.1, 0.15) is 36.8 Å². The summed E-state index contributed by atoms with van der Waals surface area (Å²) in [6.07, 6.45) is 2.50. The SMILES string of the molecule is C=C(C)c1cc(C2CC2)ccc1F. The van der Waals surface area contributed by atoms with Gasteiger partial charge in [-0.1, -0.05) is 12.6 Å². The maximum absolute atomic E-state index is 13.2. The Morgan fingerprint density at radius 2 is 2.15 bits per heavy atom. The Morgan fingerprint density at radius 1 is 1.46 bits per heavy atom. The third-order valence-corrected chi connectivity index (χ3v) is 2.50. The first-order valence-electron chi connectivity index (χ1n) is 4.64. The fraction of sp³-hybridized carbons (Fsp3) is 0.333. The summed E-state index contributed by atoms with van der Waals surface area (Å²) < 4.78 is 13.2. The lowest BCUT2D eigenvalue weighted by Gasteiger charge is -2.04. The molecule has 1 aromatic rings. The quantitative estimate of drug-likeness (QED) is 0.644. The van der Waals surface area contributed by atoms with E-state index in [1.165, 1.54) is 18.4 Å². The zero-order valence-corrected chi connectivity index (χ0v) is 7.81. The number of allylic oxidation sites excluding steroid dienone is 1. The summed E-state index contributed by atoms with van der Waals surface area (Å²) in [7, 11) is 0. The van der Waals surface area contributed by atoms with Gasteiger partial charge in [-0.3, -0.25) is 0 Å². The Hall–Kier alpha value is -1.11. The molecule has 0 nitrogen and oxygen atoms in total. The van der Waals surface area contributed by atoms with E-state index in [1.54, 1.807) is 6.07 Å². The Labute approximate surface area is 78.1 Å². The summed E-state index contributed by atoms with van der Waals surface area (Å²) in [5.74, 6) is 0.524. The van der Waals surface area contributed by atoms with E-state index in [0.717, 1.165) is 5.57 Å². The lowest BCUT2D eigenvalue weighted by Crippen LogP contribution is -1.89. The predicted molar refractivity (Wildman–Crippen MR) is 53.1 cm³/mol. The number of hydrogen-bond donors (Lipinski definition) is 0. The van der Waals surface area contributed by atoms with Gasteiger partial charge in [-0.05, 0) is 49.0 Å². The van der Waals surface area contributed by atoms with Crippen LogP contribution in [0.25, 0.3) is 5.57 Å². The lowest BCUT2D eigenvalue weighted by atomic mass is 10.0. The summed E-state index contributed by atoms with van der Waals surface area (Å²) >= 11 is 0. The van der Waals surface area contributed by atoms with Crippen molar-refractivity contribution in [2.24, 2.45) is 0 Å². The van der Waals surface area contributed by atoms with E-state index in [0.29, 0.717) is 11.5 Å². The monoisotopic (exact) mass is 176 g/mol. The van der Waals surface area contributed by atoms with Gasteiger partial charge in [0.2, 0.25) is 0 Å². The standard InChI is InChI=1S/C12H13F/c1-8(2)11-7-10(9-3-4-9)5-6-12(11)13/h5-7,9H,1,3-4H2,2H3. The first-order chi connectivity index (χ1) is 6.18. The summed E-state index contributed by atoms with van der Waals surface area (Å²) in [5.41, 5.74) is 2.74. The highest BCUT2D eigenvalue weighted by Crippen LogP contribution is 2.40. The van der Waals surface area contributed by atoms with Gasteiger partial charge in [0.15, 0.2) is 0 Å². The van der Waals surface area contributed by atoms with E-state index >= 15 is 0 Å². The van der Waals surface area contributed by atoms with Gasteiger partial charge in [0.1, 0.15) is 5.82 Å². The van der Waals surface area contributed by atoms with E-state index in [2.05, 4.69) is 6.58 Å². The molecule has 0 amide bonds. The zero-order chi connectivity index (χ0) is 9.42. The molecule has 1 fully saturated rings. The summed E-state index contributed by atoms with van der Waals surface area (Å²) in [4.78, 5) is 0. The highest BCUT2D eigenvalue weighted by Gasteiger charge is 2.24. The summed E-state index contributed by atoms with van der Waals surface area (Å²) in [6.45, 7) is 5.61. The van der Waals surface area contributed by atoms with Crippen molar-refractivity contribution in [3.8, 4) is 0 Å². The van der Waals surface area contributed by atoms with Gasteiger partial charge in [0.05, 0.1) is 0 Å². The number of rotatable bonds is 2. The van der Waals surface area contributed by atoms with Crippen LogP contribution in [0.15, 0.2) is 24.8 Å². The minimum atomic E-state index is -0.156. The van der Waals surface area contributed by atoms with Gasteiger partial charge in [0.25, 0.3) is 0 Å². The maximum atomic E-state index is 13.2. The molecule has 1 aliphatic carbocycles. The molecule has 0 unspecified atom stereocenters. The second-order valence-electron chi connectivity index (χ2n) is 3.79. The molecule has 0 bridgehead atoms. The highest BCUT2D eigenvalue weighted by atomic mass is 19.1. The molecule has 0 heterocycles. The van der Waals surface area contributed by atoms with Crippen molar-refractivity contribution < 1.29 is 4.39 Å². The van der Waals surface area contributed by atoms with E-state index < -0.39 is 0 Å². The number of hydrogen-bond acceptors (Lipinski definition) is 0. The minimum Gasteiger partial charge on any atom is -0.206 e. The second-order valence-corrected chi connectivity index (χ2v) is 3.79. The van der Waals surface area contributed by atoms with Crippen molar-refractivity contribution in [2.75, 3.05) is 0 Å². The molecule has 0 N–H and O–H groups in total. The van der Waals surface area contributed by atoms with Crippen LogP contribution in [-0.4, -0.2) is 0 Å². The van der Waals surface area contributed by atoms with Crippen LogP contribution in [0.5, 0.6) is 0 Å². The average Bonchev–Trinajstić information content (AvgIpc) is 2.87. The first-order valence-corrected chi connectivity index (χ1v) is 4.64. The fourth-order valence-corrected chi connectivity index (χ4v) is 1.54. The van der Waals surface area contributed by atoms with Crippen molar-refractivity contribution in [3.63, 3.8) is 0 Å². The van der Waals surface area contributed by atoms with Crippen LogP contribution in [-0.2, 0) is 0 Å². The molecule has 0 atom stereocenters. The molecule has 0 aliphatic heterocycles.